The molecule has 21 heavy (non-hydrogen) atoms. The first-order valence-corrected chi connectivity index (χ1v) is 8.27. The van der Waals surface area contributed by atoms with Crippen molar-refractivity contribution in [2.75, 3.05) is 19.6 Å². The van der Waals surface area contributed by atoms with Gasteiger partial charge in [0.25, 0.3) is 5.69 Å². The fourth-order valence-corrected chi connectivity index (χ4v) is 3.22. The molecule has 0 bridgehead atoms. The van der Waals surface area contributed by atoms with Crippen LogP contribution in [-0.2, 0) is 10.0 Å². The van der Waals surface area contributed by atoms with Crippen molar-refractivity contribution < 1.29 is 13.3 Å². The Labute approximate surface area is 125 Å². The Bertz CT molecular complexity index is 568. The van der Waals surface area contributed by atoms with E-state index in [1.807, 2.05) is 13.8 Å². The van der Waals surface area contributed by atoms with E-state index in [1.165, 1.54) is 24.3 Å². The minimum absolute atomic E-state index is 0.0273. The molecular formula is C13H21N3O4S. The highest BCUT2D eigenvalue weighted by molar-refractivity contribution is 7.89. The standard InChI is InChI=1S/C13H21N3O4S/c1-4-15(5-2)10-11(3)14-21(19,20)13-8-6-12(7-9-13)16(17)18/h6-9,11,14H,4-5,10H2,1-3H3/t11-/m0/s1. The molecule has 1 atom stereocenters. The molecule has 0 spiro atoms. The Kier molecular flexibility index (Phi) is 6.25. The lowest BCUT2D eigenvalue weighted by molar-refractivity contribution is -0.384. The second-order valence-corrected chi connectivity index (χ2v) is 6.47. The molecule has 118 valence electrons. The zero-order chi connectivity index (χ0) is 16.0. The van der Waals surface area contributed by atoms with Gasteiger partial charge in [0.15, 0.2) is 0 Å². The maximum Gasteiger partial charge on any atom is 0.269 e. The van der Waals surface area contributed by atoms with Gasteiger partial charge in [-0.3, -0.25) is 10.1 Å². The highest BCUT2D eigenvalue weighted by Crippen LogP contribution is 2.16. The van der Waals surface area contributed by atoms with Gasteiger partial charge in [0.1, 0.15) is 0 Å². The lowest BCUT2D eigenvalue weighted by atomic mass is 10.3. The Balaban J connectivity index is 2.79. The van der Waals surface area contributed by atoms with Crippen molar-refractivity contribution in [1.29, 1.82) is 0 Å². The van der Waals surface area contributed by atoms with Gasteiger partial charge in [-0.05, 0) is 32.1 Å². The van der Waals surface area contributed by atoms with E-state index < -0.39 is 14.9 Å². The zero-order valence-electron chi connectivity index (χ0n) is 12.4. The number of nitro groups is 1. The summed E-state index contributed by atoms with van der Waals surface area (Å²) in [7, 11) is -3.66. The number of hydrogen-bond acceptors (Lipinski definition) is 5. The van der Waals surface area contributed by atoms with Gasteiger partial charge in [0.2, 0.25) is 10.0 Å². The minimum atomic E-state index is -3.66. The van der Waals surface area contributed by atoms with Crippen molar-refractivity contribution in [3.05, 3.63) is 34.4 Å². The number of rotatable bonds is 8. The molecule has 0 amide bonds. The molecule has 0 aliphatic rings. The van der Waals surface area contributed by atoms with Crippen molar-refractivity contribution >= 4 is 15.7 Å². The summed E-state index contributed by atoms with van der Waals surface area (Å²) in [5.74, 6) is 0. The molecular weight excluding hydrogens is 294 g/mol. The number of sulfonamides is 1. The SMILES string of the molecule is CCN(CC)C[C@H](C)NS(=O)(=O)c1ccc([N+](=O)[O-])cc1. The van der Waals surface area contributed by atoms with Gasteiger partial charge in [-0.1, -0.05) is 13.8 Å². The van der Waals surface area contributed by atoms with Crippen molar-refractivity contribution in [3.63, 3.8) is 0 Å². The van der Waals surface area contributed by atoms with Crippen LogP contribution in [0.1, 0.15) is 20.8 Å². The Morgan fingerprint density at radius 3 is 2.19 bits per heavy atom. The molecule has 0 saturated carbocycles. The summed E-state index contributed by atoms with van der Waals surface area (Å²) in [6.07, 6.45) is 0. The van der Waals surface area contributed by atoms with Crippen LogP contribution in [0.15, 0.2) is 29.2 Å². The van der Waals surface area contributed by atoms with Crippen LogP contribution < -0.4 is 4.72 Å². The topological polar surface area (TPSA) is 92.6 Å². The molecule has 0 radical (unpaired) electrons. The molecule has 0 unspecified atom stereocenters. The fraction of sp³-hybridized carbons (Fsp3) is 0.538. The molecule has 8 heteroatoms. The van der Waals surface area contributed by atoms with Crippen LogP contribution in [0, 0.1) is 10.1 Å². The Morgan fingerprint density at radius 1 is 1.24 bits per heavy atom. The molecule has 1 aromatic carbocycles. The Morgan fingerprint density at radius 2 is 1.76 bits per heavy atom. The lowest BCUT2D eigenvalue weighted by Crippen LogP contribution is -2.41. The number of likely N-dealkylation sites (N-methyl/N-ethyl adjacent to an activating group) is 1. The monoisotopic (exact) mass is 315 g/mol. The van der Waals surface area contributed by atoms with Gasteiger partial charge in [0, 0.05) is 24.7 Å². The third kappa shape index (κ3) is 5.07. The maximum atomic E-state index is 12.2. The van der Waals surface area contributed by atoms with E-state index in [1.54, 1.807) is 6.92 Å². The molecule has 0 aromatic heterocycles. The summed E-state index contributed by atoms with van der Waals surface area (Å²) >= 11 is 0. The number of hydrogen-bond donors (Lipinski definition) is 1. The van der Waals surface area contributed by atoms with Gasteiger partial charge in [0.05, 0.1) is 9.82 Å². The van der Waals surface area contributed by atoms with Crippen LogP contribution in [0.3, 0.4) is 0 Å². The molecule has 0 saturated heterocycles. The molecule has 0 aliphatic carbocycles. The first kappa shape index (κ1) is 17.5. The molecule has 1 N–H and O–H groups in total. The molecule has 0 heterocycles. The molecule has 7 nitrogen and oxygen atoms in total. The second-order valence-electron chi connectivity index (χ2n) is 4.76. The fourth-order valence-electron chi connectivity index (χ4n) is 1.99. The molecule has 1 rings (SSSR count). The summed E-state index contributed by atoms with van der Waals surface area (Å²) < 4.78 is 26.9. The van der Waals surface area contributed by atoms with Gasteiger partial charge < -0.3 is 4.90 Å². The third-order valence-corrected chi connectivity index (χ3v) is 4.75. The highest BCUT2D eigenvalue weighted by Gasteiger charge is 2.19. The van der Waals surface area contributed by atoms with Crippen molar-refractivity contribution in [1.82, 2.24) is 9.62 Å². The Hall–Kier alpha value is -1.51. The molecule has 0 fully saturated rings. The van der Waals surface area contributed by atoms with Crippen LogP contribution in [-0.4, -0.2) is 43.9 Å². The van der Waals surface area contributed by atoms with Gasteiger partial charge in [-0.25, -0.2) is 13.1 Å². The van der Waals surface area contributed by atoms with Gasteiger partial charge >= 0.3 is 0 Å². The summed E-state index contributed by atoms with van der Waals surface area (Å²) in [6.45, 7) is 8.13. The second kappa shape index (κ2) is 7.48. The number of nitro benzene ring substituents is 1. The zero-order valence-corrected chi connectivity index (χ0v) is 13.3. The minimum Gasteiger partial charge on any atom is -0.302 e. The van der Waals surface area contributed by atoms with E-state index in [0.717, 1.165) is 13.1 Å². The van der Waals surface area contributed by atoms with Gasteiger partial charge in [-0.2, -0.15) is 0 Å². The van der Waals surface area contributed by atoms with Crippen molar-refractivity contribution in [2.45, 2.75) is 31.7 Å². The molecule has 1 aromatic rings. The van der Waals surface area contributed by atoms with E-state index in [4.69, 9.17) is 0 Å². The van der Waals surface area contributed by atoms with Crippen LogP contribution in [0.5, 0.6) is 0 Å². The first-order chi connectivity index (χ1) is 9.80. The normalized spacial score (nSPS) is 13.3. The van der Waals surface area contributed by atoms with E-state index in [0.29, 0.717) is 6.54 Å². The predicted molar refractivity (Wildman–Crippen MR) is 80.7 cm³/mol. The van der Waals surface area contributed by atoms with Crippen LogP contribution >= 0.6 is 0 Å². The maximum absolute atomic E-state index is 12.2. The van der Waals surface area contributed by atoms with Crippen LogP contribution in [0.4, 0.5) is 5.69 Å². The van der Waals surface area contributed by atoms with Crippen molar-refractivity contribution in [2.24, 2.45) is 0 Å². The van der Waals surface area contributed by atoms with Crippen LogP contribution in [0.2, 0.25) is 0 Å². The largest absolute Gasteiger partial charge is 0.302 e. The first-order valence-electron chi connectivity index (χ1n) is 6.79. The summed E-state index contributed by atoms with van der Waals surface area (Å²) in [5.41, 5.74) is -0.134. The lowest BCUT2D eigenvalue weighted by Gasteiger charge is -2.23. The quantitative estimate of drug-likeness (QED) is 0.581. The summed E-state index contributed by atoms with van der Waals surface area (Å²) in [6, 6.07) is 4.60. The third-order valence-electron chi connectivity index (χ3n) is 3.14. The average molecular weight is 315 g/mol. The van der Waals surface area contributed by atoms with E-state index in [9.17, 15) is 18.5 Å². The summed E-state index contributed by atoms with van der Waals surface area (Å²) in [5, 5.41) is 10.6. The van der Waals surface area contributed by atoms with E-state index in [-0.39, 0.29) is 16.6 Å². The molecule has 0 aliphatic heterocycles. The van der Waals surface area contributed by atoms with Crippen molar-refractivity contribution in [3.8, 4) is 0 Å². The van der Waals surface area contributed by atoms with E-state index >= 15 is 0 Å². The van der Waals surface area contributed by atoms with E-state index in [2.05, 4.69) is 9.62 Å². The summed E-state index contributed by atoms with van der Waals surface area (Å²) in [4.78, 5) is 12.1. The van der Waals surface area contributed by atoms with Gasteiger partial charge in [-0.15, -0.1) is 0 Å². The number of nitrogens with zero attached hydrogens (tertiary/aromatic N) is 2. The average Bonchev–Trinajstić information content (AvgIpc) is 2.44. The number of benzene rings is 1. The highest BCUT2D eigenvalue weighted by atomic mass is 32.2. The number of nitrogens with one attached hydrogen (secondary N) is 1. The smallest absolute Gasteiger partial charge is 0.269 e. The number of non-ortho nitro benzene ring substituents is 1. The van der Waals surface area contributed by atoms with Crippen LogP contribution in [0.25, 0.3) is 0 Å². The predicted octanol–water partition coefficient (Wildman–Crippen LogP) is 1.60.